The van der Waals surface area contributed by atoms with Gasteiger partial charge in [-0.1, -0.05) is 11.6 Å². The lowest BCUT2D eigenvalue weighted by atomic mass is 10.2. The average molecular weight is 318 g/mol. The molecule has 0 bridgehead atoms. The van der Waals surface area contributed by atoms with Crippen molar-refractivity contribution in [3.63, 3.8) is 0 Å². The molecular formula is C16H16ClN3O2. The maximum absolute atomic E-state index is 12.3. The van der Waals surface area contributed by atoms with Crippen molar-refractivity contribution in [2.45, 2.75) is 32.2 Å². The molecule has 3 rings (SSSR count). The number of aryl methyl sites for hydroxylation is 2. The van der Waals surface area contributed by atoms with Crippen molar-refractivity contribution in [3.05, 3.63) is 57.0 Å². The first-order valence-electron chi connectivity index (χ1n) is 7.22. The molecule has 1 aliphatic carbocycles. The normalized spacial score (nSPS) is 14.5. The van der Waals surface area contributed by atoms with Gasteiger partial charge in [-0.3, -0.25) is 9.59 Å². The molecule has 0 spiro atoms. The molecule has 1 unspecified atom stereocenters. The van der Waals surface area contributed by atoms with Gasteiger partial charge < -0.3 is 5.32 Å². The second-order valence-electron chi connectivity index (χ2n) is 5.42. The zero-order valence-electron chi connectivity index (χ0n) is 12.2. The Morgan fingerprint density at radius 2 is 2.05 bits per heavy atom. The number of fused-ring (bicyclic) bond motifs is 1. The van der Waals surface area contributed by atoms with Gasteiger partial charge in [0.2, 0.25) is 5.91 Å². The van der Waals surface area contributed by atoms with E-state index in [-0.39, 0.29) is 11.5 Å². The molecule has 1 aromatic heterocycles. The number of nitrogens with zero attached hydrogens (tertiary/aromatic N) is 2. The van der Waals surface area contributed by atoms with Crippen LogP contribution >= 0.6 is 11.6 Å². The number of hydrogen-bond donors (Lipinski definition) is 1. The van der Waals surface area contributed by atoms with Crippen LogP contribution in [-0.4, -0.2) is 15.7 Å². The molecule has 1 atom stereocenters. The van der Waals surface area contributed by atoms with E-state index in [4.69, 9.17) is 11.6 Å². The van der Waals surface area contributed by atoms with Crippen LogP contribution in [0.1, 0.15) is 30.6 Å². The van der Waals surface area contributed by atoms with Crippen molar-refractivity contribution in [1.82, 2.24) is 9.78 Å². The first-order valence-corrected chi connectivity index (χ1v) is 7.60. The molecule has 0 saturated carbocycles. The van der Waals surface area contributed by atoms with E-state index in [1.165, 1.54) is 4.68 Å². The van der Waals surface area contributed by atoms with Crippen molar-refractivity contribution in [3.8, 4) is 0 Å². The molecular weight excluding hydrogens is 302 g/mol. The summed E-state index contributed by atoms with van der Waals surface area (Å²) in [5.41, 5.74) is 2.33. The highest BCUT2D eigenvalue weighted by molar-refractivity contribution is 6.30. The van der Waals surface area contributed by atoms with E-state index in [0.29, 0.717) is 10.7 Å². The van der Waals surface area contributed by atoms with E-state index in [1.54, 1.807) is 37.3 Å². The van der Waals surface area contributed by atoms with Crippen LogP contribution < -0.4 is 10.9 Å². The predicted molar refractivity (Wildman–Crippen MR) is 85.3 cm³/mol. The molecule has 0 radical (unpaired) electrons. The van der Waals surface area contributed by atoms with Gasteiger partial charge in [0.1, 0.15) is 6.04 Å². The first kappa shape index (κ1) is 14.8. The van der Waals surface area contributed by atoms with Crippen molar-refractivity contribution in [2.24, 2.45) is 0 Å². The standard InChI is InChI=1S/C16H16ClN3O2/c1-10(16(22)18-13-7-5-12(17)6-8-13)20-15(21)9-11-3-2-4-14(11)19-20/h5-10H,2-4H2,1H3,(H,18,22). The predicted octanol–water partition coefficient (Wildman–Crippen LogP) is 2.59. The van der Waals surface area contributed by atoms with Crippen LogP contribution in [0.3, 0.4) is 0 Å². The third-order valence-corrected chi connectivity index (χ3v) is 4.09. The molecule has 0 fully saturated rings. The van der Waals surface area contributed by atoms with Crippen LogP contribution in [0.2, 0.25) is 5.02 Å². The lowest BCUT2D eigenvalue weighted by Gasteiger charge is -2.15. The fourth-order valence-electron chi connectivity index (χ4n) is 2.58. The first-order chi connectivity index (χ1) is 10.5. The highest BCUT2D eigenvalue weighted by Gasteiger charge is 2.21. The van der Waals surface area contributed by atoms with E-state index in [1.807, 2.05) is 0 Å². The number of carbonyl (C=O) groups is 1. The number of aromatic nitrogens is 2. The Bertz CT molecular complexity index is 768. The van der Waals surface area contributed by atoms with Gasteiger partial charge in [-0.15, -0.1) is 0 Å². The van der Waals surface area contributed by atoms with Crippen molar-refractivity contribution in [2.75, 3.05) is 5.32 Å². The number of carbonyl (C=O) groups excluding carboxylic acids is 1. The Balaban J connectivity index is 1.81. The maximum atomic E-state index is 12.3. The summed E-state index contributed by atoms with van der Waals surface area (Å²) >= 11 is 5.81. The van der Waals surface area contributed by atoms with E-state index in [0.717, 1.165) is 30.5 Å². The molecule has 1 aromatic carbocycles. The molecule has 0 aliphatic heterocycles. The molecule has 2 aromatic rings. The van der Waals surface area contributed by atoms with Crippen molar-refractivity contribution >= 4 is 23.2 Å². The highest BCUT2D eigenvalue weighted by Crippen LogP contribution is 2.19. The Morgan fingerprint density at radius 1 is 1.32 bits per heavy atom. The third-order valence-electron chi connectivity index (χ3n) is 3.84. The summed E-state index contributed by atoms with van der Waals surface area (Å²) in [7, 11) is 0. The van der Waals surface area contributed by atoms with Gasteiger partial charge in [0.05, 0.1) is 5.69 Å². The second kappa shape index (κ2) is 5.93. The monoisotopic (exact) mass is 317 g/mol. The molecule has 6 heteroatoms. The van der Waals surface area contributed by atoms with Gasteiger partial charge in [-0.25, -0.2) is 4.68 Å². The molecule has 1 heterocycles. The van der Waals surface area contributed by atoms with Gasteiger partial charge in [-0.05, 0) is 56.0 Å². The number of rotatable bonds is 3. The quantitative estimate of drug-likeness (QED) is 0.946. The van der Waals surface area contributed by atoms with E-state index >= 15 is 0 Å². The summed E-state index contributed by atoms with van der Waals surface area (Å²) in [6.45, 7) is 1.67. The topological polar surface area (TPSA) is 64.0 Å². The summed E-state index contributed by atoms with van der Waals surface area (Å²) < 4.78 is 1.26. The smallest absolute Gasteiger partial charge is 0.267 e. The zero-order chi connectivity index (χ0) is 15.7. The number of anilines is 1. The summed E-state index contributed by atoms with van der Waals surface area (Å²) in [6, 6.07) is 7.75. The summed E-state index contributed by atoms with van der Waals surface area (Å²) in [5.74, 6) is -0.283. The molecule has 1 aliphatic rings. The fourth-order valence-corrected chi connectivity index (χ4v) is 2.71. The van der Waals surface area contributed by atoms with Crippen LogP contribution in [0.5, 0.6) is 0 Å². The molecule has 5 nitrogen and oxygen atoms in total. The van der Waals surface area contributed by atoms with Gasteiger partial charge in [0.15, 0.2) is 0 Å². The third kappa shape index (κ3) is 2.90. The lowest BCUT2D eigenvalue weighted by Crippen LogP contribution is -2.33. The molecule has 1 amide bonds. The Hall–Kier alpha value is -2.14. The van der Waals surface area contributed by atoms with Crippen LogP contribution in [0, 0.1) is 0 Å². The molecule has 22 heavy (non-hydrogen) atoms. The minimum atomic E-state index is -0.672. The fraction of sp³-hybridized carbons (Fsp3) is 0.312. The second-order valence-corrected chi connectivity index (χ2v) is 5.86. The van der Waals surface area contributed by atoms with Crippen LogP contribution in [0.15, 0.2) is 35.1 Å². The number of benzene rings is 1. The van der Waals surface area contributed by atoms with Crippen LogP contribution in [-0.2, 0) is 17.6 Å². The highest BCUT2D eigenvalue weighted by atomic mass is 35.5. The Labute approximate surface area is 132 Å². The van der Waals surface area contributed by atoms with Crippen LogP contribution in [0.4, 0.5) is 5.69 Å². The van der Waals surface area contributed by atoms with Gasteiger partial charge >= 0.3 is 0 Å². The minimum Gasteiger partial charge on any atom is -0.324 e. The number of hydrogen-bond acceptors (Lipinski definition) is 3. The van der Waals surface area contributed by atoms with E-state index < -0.39 is 6.04 Å². The number of nitrogens with one attached hydrogen (secondary N) is 1. The summed E-state index contributed by atoms with van der Waals surface area (Å²) in [5, 5.41) is 7.72. The van der Waals surface area contributed by atoms with Crippen molar-refractivity contribution in [1.29, 1.82) is 0 Å². The largest absolute Gasteiger partial charge is 0.324 e. The Kier molecular flexibility index (Phi) is 3.98. The van der Waals surface area contributed by atoms with E-state index in [9.17, 15) is 9.59 Å². The van der Waals surface area contributed by atoms with Crippen molar-refractivity contribution < 1.29 is 4.79 Å². The minimum absolute atomic E-state index is 0.237. The van der Waals surface area contributed by atoms with Gasteiger partial charge in [0.25, 0.3) is 5.56 Å². The molecule has 0 saturated heterocycles. The van der Waals surface area contributed by atoms with E-state index in [2.05, 4.69) is 10.4 Å². The molecule has 114 valence electrons. The average Bonchev–Trinajstić information content (AvgIpc) is 2.95. The van der Waals surface area contributed by atoms with Gasteiger partial charge in [0, 0.05) is 16.8 Å². The number of halogens is 1. The lowest BCUT2D eigenvalue weighted by molar-refractivity contribution is -0.119. The number of amides is 1. The SMILES string of the molecule is CC(C(=O)Nc1ccc(Cl)cc1)n1nc2c(cc1=O)CCC2. The maximum Gasteiger partial charge on any atom is 0.267 e. The van der Waals surface area contributed by atoms with Crippen LogP contribution in [0.25, 0.3) is 0 Å². The zero-order valence-corrected chi connectivity index (χ0v) is 12.9. The molecule has 1 N–H and O–H groups in total. The summed E-state index contributed by atoms with van der Waals surface area (Å²) in [4.78, 5) is 24.4. The Morgan fingerprint density at radius 3 is 2.77 bits per heavy atom. The van der Waals surface area contributed by atoms with Gasteiger partial charge in [-0.2, -0.15) is 5.10 Å². The summed E-state index contributed by atoms with van der Waals surface area (Å²) in [6.07, 6.45) is 2.77.